The second-order valence-corrected chi connectivity index (χ2v) is 7.86. The minimum absolute atomic E-state index is 0.112. The van der Waals surface area contributed by atoms with Crippen molar-refractivity contribution >= 4 is 34.8 Å². The lowest BCUT2D eigenvalue weighted by atomic mass is 9.98. The summed E-state index contributed by atoms with van der Waals surface area (Å²) in [4.78, 5) is 25.9. The molecule has 2 amide bonds. The van der Waals surface area contributed by atoms with Crippen LogP contribution < -0.4 is 15.5 Å². The van der Waals surface area contributed by atoms with Crippen LogP contribution in [0.15, 0.2) is 42.5 Å². The summed E-state index contributed by atoms with van der Waals surface area (Å²) in [5, 5.41) is 6.34. The average molecular weight is 403 g/mol. The Morgan fingerprint density at radius 2 is 1.71 bits per heavy atom. The van der Waals surface area contributed by atoms with Crippen molar-refractivity contribution in [2.75, 3.05) is 24.2 Å². The number of anilines is 2. The molecule has 0 spiro atoms. The van der Waals surface area contributed by atoms with Crippen LogP contribution >= 0.6 is 11.6 Å². The topological polar surface area (TPSA) is 62.6 Å². The van der Waals surface area contributed by atoms with Crippen LogP contribution in [0.5, 0.6) is 0 Å². The lowest BCUT2D eigenvalue weighted by molar-refractivity contribution is -0.885. The summed E-state index contributed by atoms with van der Waals surface area (Å²) in [6.07, 6.45) is 0. The van der Waals surface area contributed by atoms with Crippen LogP contribution in [0.3, 0.4) is 0 Å². The Morgan fingerprint density at radius 1 is 1.04 bits per heavy atom. The van der Waals surface area contributed by atoms with Crippen molar-refractivity contribution in [1.29, 1.82) is 0 Å². The maximum Gasteiger partial charge on any atom is 0.282 e. The van der Waals surface area contributed by atoms with Crippen LogP contribution in [-0.4, -0.2) is 31.4 Å². The Labute approximate surface area is 172 Å². The Kier molecular flexibility index (Phi) is 7.61. The van der Waals surface area contributed by atoms with Gasteiger partial charge in [0.25, 0.3) is 11.8 Å². The Balaban J connectivity index is 2.01. The number of carbonyl (C=O) groups excluding carboxylic acids is 2. The number of rotatable bonds is 7. The Bertz CT molecular complexity index is 851. The first kappa shape index (κ1) is 21.9. The molecule has 0 aliphatic carbocycles. The number of hydrogen-bond acceptors (Lipinski definition) is 2. The lowest BCUT2D eigenvalue weighted by Crippen LogP contribution is -3.14. The van der Waals surface area contributed by atoms with E-state index in [1.165, 1.54) is 0 Å². The highest BCUT2D eigenvalue weighted by Gasteiger charge is 2.25. The number of amides is 2. The number of hydrogen-bond donors (Lipinski definition) is 3. The number of aryl methyl sites for hydroxylation is 1. The van der Waals surface area contributed by atoms with Crippen molar-refractivity contribution < 1.29 is 14.5 Å². The van der Waals surface area contributed by atoms with Gasteiger partial charge in [0.05, 0.1) is 17.8 Å². The predicted octanol–water partition coefficient (Wildman–Crippen LogP) is 3.25. The summed E-state index contributed by atoms with van der Waals surface area (Å²) in [5.74, 6) is 0.000219. The average Bonchev–Trinajstić information content (AvgIpc) is 2.64. The summed E-state index contributed by atoms with van der Waals surface area (Å²) < 4.78 is 0. The van der Waals surface area contributed by atoms with Gasteiger partial charge in [-0.1, -0.05) is 55.8 Å². The fourth-order valence-electron chi connectivity index (χ4n) is 2.96. The fourth-order valence-corrected chi connectivity index (χ4v) is 3.14. The molecule has 0 aromatic heterocycles. The van der Waals surface area contributed by atoms with Crippen molar-refractivity contribution in [3.8, 4) is 0 Å². The SMILES string of the molecule is Cc1cccc(C(C)C)c1NC(=O)[C@H](C)[NH+](C)CC(=O)Nc1ccccc1Cl. The zero-order valence-electron chi connectivity index (χ0n) is 17.1. The standard InChI is InChI=1S/C22H28ClN3O2/c1-14(2)17-10-8-9-15(3)21(17)25-22(28)16(4)26(5)13-20(27)24-19-12-7-6-11-18(19)23/h6-12,14,16H,13H2,1-5H3,(H,24,27)(H,25,28)/p+1/t16-/m0/s1. The van der Waals surface area contributed by atoms with E-state index < -0.39 is 6.04 Å². The van der Waals surface area contributed by atoms with Crippen molar-refractivity contribution in [1.82, 2.24) is 0 Å². The normalized spacial score (nSPS) is 13.1. The van der Waals surface area contributed by atoms with Gasteiger partial charge in [-0.3, -0.25) is 9.59 Å². The van der Waals surface area contributed by atoms with E-state index in [9.17, 15) is 9.59 Å². The van der Waals surface area contributed by atoms with Crippen LogP contribution in [-0.2, 0) is 9.59 Å². The molecule has 3 N–H and O–H groups in total. The first-order valence-corrected chi connectivity index (χ1v) is 9.85. The third-order valence-corrected chi connectivity index (χ3v) is 5.22. The van der Waals surface area contributed by atoms with E-state index in [2.05, 4.69) is 24.5 Å². The molecule has 150 valence electrons. The zero-order chi connectivity index (χ0) is 20.8. The molecule has 1 unspecified atom stereocenters. The number of para-hydroxylation sites is 2. The van der Waals surface area contributed by atoms with Gasteiger partial charge in [-0.15, -0.1) is 0 Å². The summed E-state index contributed by atoms with van der Waals surface area (Å²) in [5.41, 5.74) is 3.57. The van der Waals surface area contributed by atoms with E-state index in [0.717, 1.165) is 21.7 Å². The highest BCUT2D eigenvalue weighted by molar-refractivity contribution is 6.33. The molecule has 0 radical (unpaired) electrons. The van der Waals surface area contributed by atoms with Gasteiger partial charge in [0.1, 0.15) is 0 Å². The smallest absolute Gasteiger partial charge is 0.282 e. The van der Waals surface area contributed by atoms with Gasteiger partial charge >= 0.3 is 0 Å². The van der Waals surface area contributed by atoms with Gasteiger partial charge in [0.2, 0.25) is 0 Å². The van der Waals surface area contributed by atoms with Gasteiger partial charge in [-0.2, -0.15) is 0 Å². The fraction of sp³-hybridized carbons (Fsp3) is 0.364. The number of halogens is 1. The summed E-state index contributed by atoms with van der Waals surface area (Å²) >= 11 is 6.08. The predicted molar refractivity (Wildman–Crippen MR) is 115 cm³/mol. The van der Waals surface area contributed by atoms with Crippen molar-refractivity contribution in [3.63, 3.8) is 0 Å². The van der Waals surface area contributed by atoms with Crippen LogP contribution in [0.4, 0.5) is 11.4 Å². The molecule has 2 aromatic rings. The molecule has 6 heteroatoms. The number of carbonyl (C=O) groups is 2. The third-order valence-electron chi connectivity index (χ3n) is 4.90. The molecule has 5 nitrogen and oxygen atoms in total. The van der Waals surface area contributed by atoms with Gasteiger partial charge in [0, 0.05) is 5.69 Å². The van der Waals surface area contributed by atoms with Crippen LogP contribution in [0.1, 0.15) is 37.8 Å². The van der Waals surface area contributed by atoms with E-state index in [-0.39, 0.29) is 18.4 Å². The lowest BCUT2D eigenvalue weighted by Gasteiger charge is -2.23. The molecule has 0 aliphatic rings. The maximum absolute atomic E-state index is 12.8. The molecule has 28 heavy (non-hydrogen) atoms. The molecular weight excluding hydrogens is 374 g/mol. The highest BCUT2D eigenvalue weighted by Crippen LogP contribution is 2.27. The largest absolute Gasteiger partial charge is 0.320 e. The van der Waals surface area contributed by atoms with Crippen molar-refractivity contribution in [2.45, 2.75) is 39.7 Å². The van der Waals surface area contributed by atoms with Gasteiger partial charge in [-0.25, -0.2) is 0 Å². The van der Waals surface area contributed by atoms with Crippen LogP contribution in [0, 0.1) is 6.92 Å². The van der Waals surface area contributed by atoms with Gasteiger partial charge < -0.3 is 15.5 Å². The van der Waals surface area contributed by atoms with E-state index in [1.54, 1.807) is 18.2 Å². The van der Waals surface area contributed by atoms with E-state index in [4.69, 9.17) is 11.6 Å². The molecule has 2 rings (SSSR count). The molecule has 0 saturated carbocycles. The van der Waals surface area contributed by atoms with Gasteiger partial charge in [-0.05, 0) is 43.0 Å². The van der Waals surface area contributed by atoms with Gasteiger partial charge in [0.15, 0.2) is 12.6 Å². The second-order valence-electron chi connectivity index (χ2n) is 7.46. The second kappa shape index (κ2) is 9.71. The summed E-state index contributed by atoms with van der Waals surface area (Å²) in [6, 6.07) is 12.7. The monoisotopic (exact) mass is 402 g/mol. The molecule has 0 aliphatic heterocycles. The molecule has 2 aromatic carbocycles. The number of quaternary nitrogens is 1. The van der Waals surface area contributed by atoms with E-state index >= 15 is 0 Å². The Morgan fingerprint density at radius 3 is 2.36 bits per heavy atom. The first-order valence-electron chi connectivity index (χ1n) is 9.47. The van der Waals surface area contributed by atoms with E-state index in [0.29, 0.717) is 16.6 Å². The molecule has 0 fully saturated rings. The number of likely N-dealkylation sites (N-methyl/N-ethyl adjacent to an activating group) is 1. The minimum Gasteiger partial charge on any atom is -0.320 e. The van der Waals surface area contributed by atoms with E-state index in [1.807, 2.05) is 45.2 Å². The maximum atomic E-state index is 12.8. The molecule has 2 atom stereocenters. The van der Waals surface area contributed by atoms with Crippen molar-refractivity contribution in [2.24, 2.45) is 0 Å². The molecule has 0 bridgehead atoms. The molecule has 0 saturated heterocycles. The zero-order valence-corrected chi connectivity index (χ0v) is 17.9. The Hall–Kier alpha value is -2.37. The minimum atomic E-state index is -0.392. The third kappa shape index (κ3) is 5.57. The molecule has 0 heterocycles. The van der Waals surface area contributed by atoms with Crippen LogP contribution in [0.25, 0.3) is 0 Å². The number of nitrogens with one attached hydrogen (secondary N) is 3. The summed E-state index contributed by atoms with van der Waals surface area (Å²) in [6.45, 7) is 8.17. The first-order chi connectivity index (χ1) is 13.2. The number of benzene rings is 2. The molecular formula is C22H29ClN3O2+. The highest BCUT2D eigenvalue weighted by atomic mass is 35.5. The quantitative estimate of drug-likeness (QED) is 0.665. The summed E-state index contributed by atoms with van der Waals surface area (Å²) in [7, 11) is 1.83. The van der Waals surface area contributed by atoms with Crippen LogP contribution in [0.2, 0.25) is 5.02 Å². The van der Waals surface area contributed by atoms with Crippen molar-refractivity contribution in [3.05, 3.63) is 58.6 Å².